The third kappa shape index (κ3) is 7.89. The van der Waals surface area contributed by atoms with Crippen LogP contribution in [0.2, 0.25) is 0 Å². The molecule has 1 unspecified atom stereocenters. The number of rotatable bonds is 11. The van der Waals surface area contributed by atoms with Crippen LogP contribution in [0.15, 0.2) is 48.8 Å². The molecule has 15 heteroatoms. The van der Waals surface area contributed by atoms with Gasteiger partial charge in [-0.15, -0.1) is 0 Å². The van der Waals surface area contributed by atoms with Gasteiger partial charge in [0.2, 0.25) is 23.3 Å². The normalized spacial score (nSPS) is 13.6. The summed E-state index contributed by atoms with van der Waals surface area (Å²) in [6.45, 7) is 3.41. The summed E-state index contributed by atoms with van der Waals surface area (Å²) in [6, 6.07) is 9.91. The third-order valence-electron chi connectivity index (χ3n) is 5.26. The fraction of sp³-hybridized carbons (Fsp3) is 0.348. The lowest BCUT2D eigenvalue weighted by atomic mass is 10.2. The molecule has 0 saturated carbocycles. The summed E-state index contributed by atoms with van der Waals surface area (Å²) in [5, 5.41) is 5.51. The van der Waals surface area contributed by atoms with Crippen LogP contribution < -0.4 is 14.9 Å². The van der Waals surface area contributed by atoms with Gasteiger partial charge in [-0.25, -0.2) is 18.4 Å². The highest BCUT2D eigenvalue weighted by molar-refractivity contribution is 7.92. The van der Waals surface area contributed by atoms with Crippen molar-refractivity contribution in [1.82, 2.24) is 15.0 Å². The lowest BCUT2D eigenvalue weighted by Crippen LogP contribution is -2.27. The van der Waals surface area contributed by atoms with Crippen molar-refractivity contribution in [2.24, 2.45) is 0 Å². The Labute approximate surface area is 219 Å². The smallest absolute Gasteiger partial charge is 0.365 e. The molecule has 206 valence electrons. The molecular weight excluding hydrogens is 544 g/mol. The van der Waals surface area contributed by atoms with Crippen molar-refractivity contribution < 1.29 is 30.7 Å². The molecule has 2 N–H and O–H groups in total. The van der Waals surface area contributed by atoms with Gasteiger partial charge < -0.3 is 15.2 Å². The minimum Gasteiger partial charge on any atom is -0.365 e. The highest BCUT2D eigenvalue weighted by Crippen LogP contribution is 2.46. The number of pyridine rings is 1. The fourth-order valence-corrected chi connectivity index (χ4v) is 5.47. The Hall–Kier alpha value is -3.22. The molecule has 0 amide bonds. The van der Waals surface area contributed by atoms with E-state index in [4.69, 9.17) is 4.52 Å². The molecule has 1 atom stereocenters. The Morgan fingerprint density at radius 3 is 2.55 bits per heavy atom. The molecule has 38 heavy (non-hydrogen) atoms. The molecule has 0 aliphatic rings. The van der Waals surface area contributed by atoms with Crippen LogP contribution in [0.4, 0.5) is 36.4 Å². The average Bonchev–Trinajstić information content (AvgIpc) is 2.81. The first-order valence-electron chi connectivity index (χ1n) is 11.3. The largest absolute Gasteiger partial charge is 0.421 e. The molecule has 0 bridgehead atoms. The Bertz CT molecular complexity index is 1440. The number of hydrogen-bond acceptors (Lipinski definition) is 9. The van der Waals surface area contributed by atoms with Crippen LogP contribution in [0.25, 0.3) is 0 Å². The van der Waals surface area contributed by atoms with Gasteiger partial charge in [0.1, 0.15) is 17.2 Å². The first-order valence-corrected chi connectivity index (χ1v) is 15.4. The summed E-state index contributed by atoms with van der Waals surface area (Å²) in [6.07, 6.45) is -1.53. The molecule has 0 aliphatic carbocycles. The number of nitrogens with one attached hydrogen (secondary N) is 2. The van der Waals surface area contributed by atoms with Crippen LogP contribution in [-0.2, 0) is 38.0 Å². The quantitative estimate of drug-likeness (QED) is 0.302. The van der Waals surface area contributed by atoms with Gasteiger partial charge in [0.05, 0.1) is 12.9 Å². The summed E-state index contributed by atoms with van der Waals surface area (Å²) in [4.78, 5) is 11.9. The van der Waals surface area contributed by atoms with Gasteiger partial charge >= 0.3 is 6.18 Å². The van der Waals surface area contributed by atoms with Crippen molar-refractivity contribution in [3.05, 3.63) is 65.5 Å². The number of benzene rings is 1. The number of aromatic nitrogens is 3. The summed E-state index contributed by atoms with van der Waals surface area (Å²) >= 11 is 0. The van der Waals surface area contributed by atoms with Gasteiger partial charge in [-0.05, 0) is 30.7 Å². The summed E-state index contributed by atoms with van der Waals surface area (Å²) < 4.78 is 83.8. The number of nitrogens with zero attached hydrogens (tertiary/aromatic N) is 4. The van der Waals surface area contributed by atoms with Crippen molar-refractivity contribution in [3.63, 3.8) is 0 Å². The maximum atomic E-state index is 13.7. The number of sulfonamides is 1. The molecule has 1 aromatic carbocycles. The molecule has 0 fully saturated rings. The van der Waals surface area contributed by atoms with Crippen molar-refractivity contribution in [3.8, 4) is 0 Å². The standard InChI is InChI=1S/C23H28F3N6O4PS/c1-5-36-37(3,33)15-16-8-6-10-18(12-16)30-22-29-14-19(23(24,25)26)20(31-22)28-13-17-9-7-11-27-21(17)32(2)38(4,34)35/h6-12,14H,5,13,15H2,1-4H3,(H2,28,29,30,31). The summed E-state index contributed by atoms with van der Waals surface area (Å²) in [5.41, 5.74) is 0.433. The van der Waals surface area contributed by atoms with Gasteiger partial charge in [0.25, 0.3) is 0 Å². The predicted molar refractivity (Wildman–Crippen MR) is 140 cm³/mol. The number of hydrogen-bond donors (Lipinski definition) is 2. The van der Waals surface area contributed by atoms with E-state index >= 15 is 0 Å². The van der Waals surface area contributed by atoms with E-state index < -0.39 is 34.9 Å². The highest BCUT2D eigenvalue weighted by Gasteiger charge is 2.35. The molecule has 0 saturated heterocycles. The van der Waals surface area contributed by atoms with Crippen LogP contribution in [0.1, 0.15) is 23.6 Å². The highest BCUT2D eigenvalue weighted by atomic mass is 32.2. The first-order chi connectivity index (χ1) is 17.7. The Kier molecular flexibility index (Phi) is 9.01. The Morgan fingerprint density at radius 2 is 1.89 bits per heavy atom. The van der Waals surface area contributed by atoms with Gasteiger partial charge in [-0.2, -0.15) is 18.2 Å². The molecule has 2 heterocycles. The van der Waals surface area contributed by atoms with Crippen molar-refractivity contribution >= 4 is 40.7 Å². The lowest BCUT2D eigenvalue weighted by Gasteiger charge is -2.20. The lowest BCUT2D eigenvalue weighted by molar-refractivity contribution is -0.137. The van der Waals surface area contributed by atoms with Gasteiger partial charge in [-0.3, -0.25) is 8.87 Å². The van der Waals surface area contributed by atoms with Crippen molar-refractivity contribution in [2.45, 2.75) is 25.8 Å². The second-order valence-corrected chi connectivity index (χ2v) is 13.1. The average molecular weight is 573 g/mol. The second-order valence-electron chi connectivity index (χ2n) is 8.44. The maximum Gasteiger partial charge on any atom is 0.421 e. The van der Waals surface area contributed by atoms with Crippen LogP contribution in [0.3, 0.4) is 0 Å². The Morgan fingerprint density at radius 1 is 1.16 bits per heavy atom. The molecule has 0 aliphatic heterocycles. The van der Waals surface area contributed by atoms with Crippen molar-refractivity contribution in [2.75, 3.05) is 41.5 Å². The van der Waals surface area contributed by atoms with E-state index in [9.17, 15) is 26.2 Å². The van der Waals surface area contributed by atoms with E-state index in [-0.39, 0.29) is 24.5 Å². The van der Waals surface area contributed by atoms with E-state index in [1.54, 1.807) is 43.3 Å². The minimum atomic E-state index is -4.75. The van der Waals surface area contributed by atoms with Crippen LogP contribution in [-0.4, -0.2) is 49.9 Å². The third-order valence-corrected chi connectivity index (χ3v) is 8.17. The maximum absolute atomic E-state index is 13.7. The van der Waals surface area contributed by atoms with Gasteiger partial charge in [-0.1, -0.05) is 18.2 Å². The molecule has 0 spiro atoms. The monoisotopic (exact) mass is 572 g/mol. The van der Waals surface area contributed by atoms with Crippen LogP contribution in [0.5, 0.6) is 0 Å². The number of alkyl halides is 3. The topological polar surface area (TPSA) is 126 Å². The molecule has 3 aromatic rings. The SMILES string of the molecule is CCOP(C)(=O)Cc1cccc(Nc2ncc(C(F)(F)F)c(NCc3cccnc3N(C)S(C)(=O)=O)n2)c1. The molecule has 10 nitrogen and oxygen atoms in total. The molecular formula is C23H28F3N6O4PS. The molecule has 0 radical (unpaired) electrons. The predicted octanol–water partition coefficient (Wildman–Crippen LogP) is 5.09. The minimum absolute atomic E-state index is 0.0699. The zero-order chi connectivity index (χ0) is 28.1. The van der Waals surface area contributed by atoms with E-state index in [0.29, 0.717) is 29.6 Å². The zero-order valence-electron chi connectivity index (χ0n) is 21.2. The van der Waals surface area contributed by atoms with E-state index in [0.717, 1.165) is 10.6 Å². The number of anilines is 4. The fourth-order valence-electron chi connectivity index (χ4n) is 3.50. The summed E-state index contributed by atoms with van der Waals surface area (Å²) in [7, 11) is -5.20. The molecule has 2 aromatic heterocycles. The summed E-state index contributed by atoms with van der Waals surface area (Å²) in [5.74, 6) is -0.542. The van der Waals surface area contributed by atoms with E-state index in [1.165, 1.54) is 19.9 Å². The van der Waals surface area contributed by atoms with Crippen LogP contribution in [0, 0.1) is 0 Å². The van der Waals surface area contributed by atoms with Crippen LogP contribution >= 0.6 is 7.37 Å². The zero-order valence-corrected chi connectivity index (χ0v) is 22.9. The van der Waals surface area contributed by atoms with Gasteiger partial charge in [0, 0.05) is 50.1 Å². The van der Waals surface area contributed by atoms with Gasteiger partial charge in [0.15, 0.2) is 0 Å². The second kappa shape index (κ2) is 11.7. The van der Waals surface area contributed by atoms with Crippen molar-refractivity contribution in [1.29, 1.82) is 0 Å². The first kappa shape index (κ1) is 29.3. The van der Waals surface area contributed by atoms with E-state index in [2.05, 4.69) is 25.6 Å². The number of halogens is 3. The van der Waals surface area contributed by atoms with E-state index in [1.807, 2.05) is 0 Å². The molecule has 3 rings (SSSR count). The Balaban J connectivity index is 1.88.